The Morgan fingerprint density at radius 3 is 2.48 bits per heavy atom. The van der Waals surface area contributed by atoms with E-state index >= 15 is 0 Å². The lowest BCUT2D eigenvalue weighted by Crippen LogP contribution is -2.40. The Bertz CT molecular complexity index is 2040. The first kappa shape index (κ1) is 38.1. The molecule has 1 aliphatic heterocycles. The Morgan fingerprint density at radius 1 is 0.963 bits per heavy atom. The van der Waals surface area contributed by atoms with Gasteiger partial charge in [-0.2, -0.15) is 0 Å². The average molecular weight is 749 g/mol. The first-order chi connectivity index (χ1) is 26.3. The molecule has 4 aromatic rings. The summed E-state index contributed by atoms with van der Waals surface area (Å²) in [5.74, 6) is 2.00. The molecule has 1 unspecified atom stereocenters. The van der Waals surface area contributed by atoms with Crippen molar-refractivity contribution in [3.63, 3.8) is 0 Å². The van der Waals surface area contributed by atoms with E-state index in [9.17, 15) is 15.0 Å². The van der Waals surface area contributed by atoms with Gasteiger partial charge in [0.15, 0.2) is 0 Å². The number of aliphatic hydroxyl groups is 1. The first-order valence-corrected chi connectivity index (χ1v) is 20.7. The van der Waals surface area contributed by atoms with E-state index in [2.05, 4.69) is 77.0 Å². The van der Waals surface area contributed by atoms with Crippen molar-refractivity contribution in [1.29, 1.82) is 0 Å². The van der Waals surface area contributed by atoms with E-state index in [0.717, 1.165) is 135 Å². The van der Waals surface area contributed by atoms with Gasteiger partial charge in [0.25, 0.3) is 0 Å². The second-order valence-electron chi connectivity index (χ2n) is 15.5. The third-order valence-electron chi connectivity index (χ3n) is 11.6. The van der Waals surface area contributed by atoms with Crippen LogP contribution in [0.15, 0.2) is 100 Å². The van der Waals surface area contributed by atoms with E-state index in [1.807, 2.05) is 24.3 Å². The number of ether oxygens (including phenoxy) is 1. The van der Waals surface area contributed by atoms with Gasteiger partial charge in [-0.3, -0.25) is 4.79 Å². The zero-order valence-electron chi connectivity index (χ0n) is 31.9. The van der Waals surface area contributed by atoms with Gasteiger partial charge in [-0.1, -0.05) is 91.3 Å². The number of rotatable bonds is 16. The quantitative estimate of drug-likeness (QED) is 0.0732. The maximum absolute atomic E-state index is 12.5. The molecule has 5 N–H and O–H groups in total. The summed E-state index contributed by atoms with van der Waals surface area (Å²) in [4.78, 5) is 16.8. The summed E-state index contributed by atoms with van der Waals surface area (Å²) in [7, 11) is 2.18. The van der Waals surface area contributed by atoms with Crippen LogP contribution >= 0.6 is 11.3 Å². The number of nitrogens with one attached hydrogen (secondary N) is 3. The summed E-state index contributed by atoms with van der Waals surface area (Å²) in [6.45, 7) is 6.30. The molecule has 8 nitrogen and oxygen atoms in total. The number of aromatic hydroxyl groups is 1. The number of fused-ring (bicyclic) bond motifs is 1. The van der Waals surface area contributed by atoms with Crippen molar-refractivity contribution in [2.24, 2.45) is 5.92 Å². The van der Waals surface area contributed by atoms with Crippen LogP contribution in [0.5, 0.6) is 5.75 Å². The number of phenols is 1. The van der Waals surface area contributed by atoms with Crippen LogP contribution in [-0.2, 0) is 23.3 Å². The number of phenolic OH excluding ortho intramolecular Hbond substituents is 1. The lowest BCUT2D eigenvalue weighted by atomic mass is 9.71. The summed E-state index contributed by atoms with van der Waals surface area (Å²) in [6.07, 6.45) is 13.7. The van der Waals surface area contributed by atoms with Gasteiger partial charge in [0.2, 0.25) is 0 Å². The number of hydrogen-bond donors (Lipinski definition) is 5. The molecule has 286 valence electrons. The van der Waals surface area contributed by atoms with Crippen molar-refractivity contribution in [3.05, 3.63) is 127 Å². The van der Waals surface area contributed by atoms with Crippen LogP contribution in [0.2, 0.25) is 0 Å². The van der Waals surface area contributed by atoms with Crippen LogP contribution in [0.1, 0.15) is 93.4 Å². The molecular weight excluding hydrogens is 693 g/mol. The third kappa shape index (κ3) is 8.70. The second-order valence-corrected chi connectivity index (χ2v) is 16.4. The molecule has 2 saturated carbocycles. The minimum atomic E-state index is -1.10. The fraction of sp³-hybridized carbons (Fsp3) is 0.444. The molecule has 0 bridgehead atoms. The Morgan fingerprint density at radius 2 is 1.74 bits per heavy atom. The van der Waals surface area contributed by atoms with Crippen LogP contribution in [0.4, 0.5) is 0 Å². The van der Waals surface area contributed by atoms with Crippen LogP contribution in [-0.4, -0.2) is 53.3 Å². The van der Waals surface area contributed by atoms with Gasteiger partial charge >= 0.3 is 4.87 Å². The number of likely N-dealkylation sites (N-methyl/N-ethyl adjacent to an activating group) is 1. The van der Waals surface area contributed by atoms with Crippen molar-refractivity contribution >= 4 is 27.3 Å². The van der Waals surface area contributed by atoms with Gasteiger partial charge in [0, 0.05) is 38.3 Å². The number of hydrogen-bond acceptors (Lipinski definition) is 8. The molecule has 2 heterocycles. The monoisotopic (exact) mass is 748 g/mol. The second kappa shape index (κ2) is 17.5. The summed E-state index contributed by atoms with van der Waals surface area (Å²) in [6, 6.07) is 22.6. The molecule has 0 spiro atoms. The fourth-order valence-electron chi connectivity index (χ4n) is 8.27. The number of nitrogens with zero attached hydrogens (tertiary/aromatic N) is 1. The Kier molecular flexibility index (Phi) is 12.4. The molecule has 3 aromatic carbocycles. The minimum Gasteiger partial charge on any atom is -0.506 e. The van der Waals surface area contributed by atoms with Gasteiger partial charge in [0.05, 0.1) is 4.70 Å². The maximum Gasteiger partial charge on any atom is 0.305 e. The highest BCUT2D eigenvalue weighted by molar-refractivity contribution is 7.16. The topological polar surface area (TPSA) is 110 Å². The zero-order chi connectivity index (χ0) is 37.5. The zero-order valence-corrected chi connectivity index (χ0v) is 32.7. The molecule has 0 saturated heterocycles. The van der Waals surface area contributed by atoms with Crippen LogP contribution in [0.3, 0.4) is 0 Å². The van der Waals surface area contributed by atoms with Crippen LogP contribution in [0.25, 0.3) is 15.9 Å². The maximum atomic E-state index is 12.5. The van der Waals surface area contributed by atoms with Crippen LogP contribution < -0.4 is 15.5 Å². The molecule has 1 aromatic heterocycles. The summed E-state index contributed by atoms with van der Waals surface area (Å²) in [5, 5.41) is 29.9. The normalized spacial score (nSPS) is 17.6. The van der Waals surface area contributed by atoms with E-state index < -0.39 is 5.60 Å². The predicted molar refractivity (Wildman–Crippen MR) is 220 cm³/mol. The van der Waals surface area contributed by atoms with Crippen molar-refractivity contribution in [2.75, 3.05) is 33.2 Å². The molecule has 0 radical (unpaired) electrons. The number of aromatic nitrogens is 1. The average Bonchev–Trinajstić information content (AvgIpc) is 3.59. The molecular formula is C45H56N4O4S. The van der Waals surface area contributed by atoms with Crippen LogP contribution in [0, 0.1) is 5.92 Å². The minimum absolute atomic E-state index is 0.117. The smallest absolute Gasteiger partial charge is 0.305 e. The number of benzene rings is 3. The standard InChI is InChI=1S/C45H56N4O4S/c1-31-16-22-38(53-43(31)45(52,36-12-5-3-6-13-36)37-14-7-4-8-15-37)25-28-49(2)29-27-47-40(33-10-9-11-33)34-19-17-32(18-20-34)30-46-26-24-35-21-23-39(50)41-42(35)54-44(51)48-41/h3,5-6,12-13,17-23,37,46-47,50,52H,4,7-11,14-16,24-30H2,1-2H3,(H,48,51). The molecule has 2 fully saturated rings. The van der Waals surface area contributed by atoms with Gasteiger partial charge in [-0.05, 0) is 117 Å². The highest BCUT2D eigenvalue weighted by Gasteiger charge is 2.45. The van der Waals surface area contributed by atoms with Crippen molar-refractivity contribution < 1.29 is 14.9 Å². The molecule has 0 amide bonds. The number of aromatic amines is 1. The molecule has 2 aliphatic carbocycles. The highest BCUT2D eigenvalue weighted by atomic mass is 32.1. The summed E-state index contributed by atoms with van der Waals surface area (Å²) in [5.41, 5.74) is 7.82. The lowest BCUT2D eigenvalue weighted by Gasteiger charge is -2.42. The largest absolute Gasteiger partial charge is 0.506 e. The Hall–Kier alpha value is -4.15. The highest BCUT2D eigenvalue weighted by Crippen LogP contribution is 2.47. The number of allylic oxidation sites excluding steroid dienone is 3. The van der Waals surface area contributed by atoms with E-state index in [0.29, 0.717) is 5.52 Å². The molecule has 1 atom stereocenters. The van der Waals surface area contributed by atoms with Gasteiger partial charge in [-0.25, -0.2) is 0 Å². The Balaban J connectivity index is 0.888. The van der Waals surface area contributed by atoms with E-state index in [1.165, 1.54) is 35.2 Å². The SMILES string of the molecule is CC1=C(C(O)(c2ccccc2)C2CCCCC2)OC(CCN(C)CCNC(=C2CCC2)c2ccc(CNCCc3ccc(O)c4[nH]c(=O)sc34)cc2)=CC1. The van der Waals surface area contributed by atoms with E-state index in [1.54, 1.807) is 6.07 Å². The molecule has 7 rings (SSSR count). The van der Waals surface area contributed by atoms with E-state index in [-0.39, 0.29) is 16.5 Å². The molecule has 9 heteroatoms. The number of thiazole rings is 1. The summed E-state index contributed by atoms with van der Waals surface area (Å²) >= 11 is 1.15. The third-order valence-corrected chi connectivity index (χ3v) is 12.6. The lowest BCUT2D eigenvalue weighted by molar-refractivity contribution is -0.0467. The van der Waals surface area contributed by atoms with Crippen molar-refractivity contribution in [1.82, 2.24) is 20.5 Å². The van der Waals surface area contributed by atoms with Crippen molar-refractivity contribution in [2.45, 2.75) is 89.7 Å². The summed E-state index contributed by atoms with van der Waals surface area (Å²) < 4.78 is 7.51. The van der Waals surface area contributed by atoms with Gasteiger partial charge in [0.1, 0.15) is 28.4 Å². The number of H-pyrrole nitrogens is 1. The van der Waals surface area contributed by atoms with Gasteiger partial charge in [-0.15, -0.1) is 0 Å². The van der Waals surface area contributed by atoms with Crippen molar-refractivity contribution in [3.8, 4) is 5.75 Å². The predicted octanol–water partition coefficient (Wildman–Crippen LogP) is 8.48. The van der Waals surface area contributed by atoms with Gasteiger partial charge < -0.3 is 35.5 Å². The molecule has 3 aliphatic rings. The first-order valence-electron chi connectivity index (χ1n) is 19.9. The fourth-order valence-corrected chi connectivity index (χ4v) is 9.17. The van der Waals surface area contributed by atoms with E-state index in [4.69, 9.17) is 4.74 Å². The Labute approximate surface area is 323 Å². The molecule has 54 heavy (non-hydrogen) atoms.